The van der Waals surface area contributed by atoms with Crippen LogP contribution in [0.2, 0.25) is 0 Å². The molecule has 0 saturated heterocycles. The molecule has 0 atom stereocenters. The van der Waals surface area contributed by atoms with Gasteiger partial charge in [-0.1, -0.05) is 0 Å². The normalized spacial score (nSPS) is 14.2. The molecule has 98 valence electrons. The number of fused-ring (bicyclic) bond motifs is 1. The summed E-state index contributed by atoms with van der Waals surface area (Å²) in [5, 5.41) is 8.83. The predicted octanol–water partition coefficient (Wildman–Crippen LogP) is 0.860. The fraction of sp³-hybridized carbons (Fsp3) is 0.462. The summed E-state index contributed by atoms with van der Waals surface area (Å²) in [6, 6.07) is 5.77. The van der Waals surface area contributed by atoms with Gasteiger partial charge in [0, 0.05) is 32.9 Å². The van der Waals surface area contributed by atoms with Crippen molar-refractivity contribution in [1.82, 2.24) is 0 Å². The molecule has 1 heterocycles. The van der Waals surface area contributed by atoms with Crippen molar-refractivity contribution in [2.75, 3.05) is 43.7 Å². The summed E-state index contributed by atoms with van der Waals surface area (Å²) in [5.41, 5.74) is 1.80. The lowest BCUT2D eigenvalue weighted by Gasteiger charge is -2.28. The number of carbonyl (C=O) groups excluding carboxylic acids is 1. The lowest BCUT2D eigenvalue weighted by molar-refractivity contribution is -0.120. The maximum absolute atomic E-state index is 11.6. The molecule has 5 heteroatoms. The fourth-order valence-electron chi connectivity index (χ4n) is 1.94. The van der Waals surface area contributed by atoms with Crippen molar-refractivity contribution < 1.29 is 14.6 Å². The number of anilines is 2. The summed E-state index contributed by atoms with van der Waals surface area (Å²) in [7, 11) is 3.71. The molecule has 18 heavy (non-hydrogen) atoms. The average molecular weight is 250 g/mol. The molecule has 2 rings (SSSR count). The molecule has 0 fully saturated rings. The molecule has 0 radical (unpaired) electrons. The minimum atomic E-state index is -0.0438. The van der Waals surface area contributed by atoms with Crippen LogP contribution in [-0.2, 0) is 4.79 Å². The van der Waals surface area contributed by atoms with Gasteiger partial charge in [0.15, 0.2) is 6.61 Å². The number of rotatable bonds is 4. The first-order valence-electron chi connectivity index (χ1n) is 5.99. The smallest absolute Gasteiger partial charge is 0.264 e. The van der Waals surface area contributed by atoms with Crippen LogP contribution in [0.4, 0.5) is 11.4 Å². The van der Waals surface area contributed by atoms with Gasteiger partial charge in [-0.25, -0.2) is 0 Å². The zero-order valence-corrected chi connectivity index (χ0v) is 10.7. The lowest BCUT2D eigenvalue weighted by atomic mass is 10.2. The van der Waals surface area contributed by atoms with E-state index in [0.29, 0.717) is 0 Å². The summed E-state index contributed by atoms with van der Waals surface area (Å²) < 4.78 is 5.37. The summed E-state index contributed by atoms with van der Waals surface area (Å²) in [6.45, 7) is 1.05. The van der Waals surface area contributed by atoms with Gasteiger partial charge in [0.05, 0.1) is 5.69 Å². The molecule has 0 bridgehead atoms. The Labute approximate surface area is 107 Å². The number of aliphatic hydroxyl groups is 1. The Morgan fingerprint density at radius 3 is 3.00 bits per heavy atom. The largest absolute Gasteiger partial charge is 0.482 e. The molecule has 0 spiro atoms. The first kappa shape index (κ1) is 12.7. The third kappa shape index (κ3) is 2.41. The lowest BCUT2D eigenvalue weighted by Crippen LogP contribution is -2.35. The molecule has 1 aliphatic heterocycles. The van der Waals surface area contributed by atoms with Crippen molar-refractivity contribution in [2.24, 2.45) is 0 Å². The predicted molar refractivity (Wildman–Crippen MR) is 70.3 cm³/mol. The molecule has 1 aromatic carbocycles. The maximum Gasteiger partial charge on any atom is 0.264 e. The third-order valence-electron chi connectivity index (χ3n) is 3.12. The van der Waals surface area contributed by atoms with Crippen LogP contribution in [0.25, 0.3) is 0 Å². The number of nitrogens with zero attached hydrogens (tertiary/aromatic N) is 2. The molecule has 0 aliphatic carbocycles. The van der Waals surface area contributed by atoms with Gasteiger partial charge < -0.3 is 19.6 Å². The van der Waals surface area contributed by atoms with Gasteiger partial charge in [-0.05, 0) is 24.6 Å². The number of likely N-dealkylation sites (N-methyl/N-ethyl adjacent to an activating group) is 1. The van der Waals surface area contributed by atoms with Gasteiger partial charge in [0.1, 0.15) is 5.75 Å². The van der Waals surface area contributed by atoms with Crippen LogP contribution in [0.15, 0.2) is 18.2 Å². The second kappa shape index (κ2) is 5.27. The zero-order chi connectivity index (χ0) is 13.1. The van der Waals surface area contributed by atoms with Gasteiger partial charge >= 0.3 is 0 Å². The highest BCUT2D eigenvalue weighted by molar-refractivity contribution is 5.97. The number of hydrogen-bond acceptors (Lipinski definition) is 4. The van der Waals surface area contributed by atoms with Gasteiger partial charge in [0.25, 0.3) is 5.91 Å². The van der Waals surface area contributed by atoms with Crippen LogP contribution < -0.4 is 14.5 Å². The van der Waals surface area contributed by atoms with Crippen molar-refractivity contribution in [2.45, 2.75) is 6.42 Å². The number of aliphatic hydroxyl groups excluding tert-OH is 1. The van der Waals surface area contributed by atoms with Crippen LogP contribution in [-0.4, -0.2) is 44.9 Å². The number of carbonyl (C=O) groups is 1. The van der Waals surface area contributed by atoms with E-state index >= 15 is 0 Å². The van der Waals surface area contributed by atoms with Crippen molar-refractivity contribution >= 4 is 17.3 Å². The number of amides is 1. The first-order chi connectivity index (χ1) is 8.63. The molecule has 0 unspecified atom stereocenters. The molecule has 0 saturated carbocycles. The van der Waals surface area contributed by atoms with Gasteiger partial charge in [0.2, 0.25) is 0 Å². The van der Waals surface area contributed by atoms with Crippen molar-refractivity contribution in [3.05, 3.63) is 18.2 Å². The number of benzene rings is 1. The second-order valence-electron chi connectivity index (χ2n) is 4.39. The minimum Gasteiger partial charge on any atom is -0.482 e. The summed E-state index contributed by atoms with van der Waals surface area (Å²) in [5.74, 6) is 0.689. The van der Waals surface area contributed by atoms with Gasteiger partial charge in [-0.15, -0.1) is 0 Å². The molecular weight excluding hydrogens is 232 g/mol. The maximum atomic E-state index is 11.6. The third-order valence-corrected chi connectivity index (χ3v) is 3.12. The van der Waals surface area contributed by atoms with E-state index in [4.69, 9.17) is 9.84 Å². The van der Waals surface area contributed by atoms with E-state index in [1.165, 1.54) is 0 Å². The standard InChI is InChI=1S/C13H18N2O3/c1-14(6-3-7-16)10-4-5-12-11(8-10)15(2)13(17)9-18-12/h4-5,8,16H,3,6-7,9H2,1-2H3. The molecule has 5 nitrogen and oxygen atoms in total. The van der Waals surface area contributed by atoms with Gasteiger partial charge in [-0.3, -0.25) is 4.79 Å². The van der Waals surface area contributed by atoms with E-state index in [-0.39, 0.29) is 19.1 Å². The Morgan fingerprint density at radius 1 is 1.50 bits per heavy atom. The fourth-order valence-corrected chi connectivity index (χ4v) is 1.94. The van der Waals surface area contributed by atoms with Crippen molar-refractivity contribution in [1.29, 1.82) is 0 Å². The van der Waals surface area contributed by atoms with E-state index in [2.05, 4.69) is 0 Å². The van der Waals surface area contributed by atoms with E-state index in [9.17, 15) is 4.79 Å². The first-order valence-corrected chi connectivity index (χ1v) is 5.99. The molecule has 0 aromatic heterocycles. The van der Waals surface area contributed by atoms with E-state index in [0.717, 1.165) is 30.1 Å². The van der Waals surface area contributed by atoms with Crippen molar-refractivity contribution in [3.63, 3.8) is 0 Å². The highest BCUT2D eigenvalue weighted by Gasteiger charge is 2.22. The highest BCUT2D eigenvalue weighted by Crippen LogP contribution is 2.34. The van der Waals surface area contributed by atoms with Crippen LogP contribution in [0.3, 0.4) is 0 Å². The summed E-state index contributed by atoms with van der Waals surface area (Å²) in [6.07, 6.45) is 0.721. The molecule has 1 N–H and O–H groups in total. The molecule has 1 aromatic rings. The average Bonchev–Trinajstić information content (AvgIpc) is 2.40. The van der Waals surface area contributed by atoms with Gasteiger partial charge in [-0.2, -0.15) is 0 Å². The Balaban J connectivity index is 2.23. The molecule has 1 amide bonds. The highest BCUT2D eigenvalue weighted by atomic mass is 16.5. The summed E-state index contributed by atoms with van der Waals surface area (Å²) in [4.78, 5) is 15.2. The molecule has 1 aliphatic rings. The monoisotopic (exact) mass is 250 g/mol. The Bertz CT molecular complexity index is 448. The van der Waals surface area contributed by atoms with Crippen LogP contribution >= 0.6 is 0 Å². The quantitative estimate of drug-likeness (QED) is 0.861. The SMILES string of the molecule is CN(CCCO)c1ccc2c(c1)N(C)C(=O)CO2. The van der Waals surface area contributed by atoms with E-state index < -0.39 is 0 Å². The van der Waals surface area contributed by atoms with Crippen LogP contribution in [0, 0.1) is 0 Å². The van der Waals surface area contributed by atoms with E-state index in [1.54, 1.807) is 11.9 Å². The molecular formula is C13H18N2O3. The van der Waals surface area contributed by atoms with Crippen LogP contribution in [0.5, 0.6) is 5.75 Å². The van der Waals surface area contributed by atoms with Crippen molar-refractivity contribution in [3.8, 4) is 5.75 Å². The Hall–Kier alpha value is -1.75. The number of hydrogen-bond donors (Lipinski definition) is 1. The summed E-state index contributed by atoms with van der Waals surface area (Å²) >= 11 is 0. The zero-order valence-electron chi connectivity index (χ0n) is 10.7. The Kier molecular flexibility index (Phi) is 3.72. The van der Waals surface area contributed by atoms with E-state index in [1.807, 2.05) is 30.1 Å². The topological polar surface area (TPSA) is 53.0 Å². The minimum absolute atomic E-state index is 0.0438. The van der Waals surface area contributed by atoms with Crippen LogP contribution in [0.1, 0.15) is 6.42 Å². The Morgan fingerprint density at radius 2 is 2.28 bits per heavy atom. The second-order valence-corrected chi connectivity index (χ2v) is 4.39. The number of ether oxygens (including phenoxy) is 1.